The second kappa shape index (κ2) is 5.87. The number of fused-ring (bicyclic) bond motifs is 1. The van der Waals surface area contributed by atoms with Crippen LogP contribution in [0, 0.1) is 0 Å². The monoisotopic (exact) mass is 408 g/mol. The van der Waals surface area contributed by atoms with Gasteiger partial charge < -0.3 is 10.1 Å². The van der Waals surface area contributed by atoms with E-state index in [0.29, 0.717) is 14.9 Å². The lowest BCUT2D eigenvalue weighted by molar-refractivity contribution is 0.468. The Morgan fingerprint density at radius 3 is 2.62 bits per heavy atom. The summed E-state index contributed by atoms with van der Waals surface area (Å²) in [4.78, 5) is 7.47. The van der Waals surface area contributed by atoms with Crippen LogP contribution >= 0.6 is 31.9 Å². The summed E-state index contributed by atoms with van der Waals surface area (Å²) in [5.41, 5.74) is 5.50. The van der Waals surface area contributed by atoms with Crippen LogP contribution in [0.5, 0.6) is 5.75 Å². The van der Waals surface area contributed by atoms with Gasteiger partial charge in [-0.3, -0.25) is 0 Å². The molecule has 0 bridgehead atoms. The number of nitrogens with one attached hydrogen (secondary N) is 2. The molecule has 0 aliphatic heterocycles. The van der Waals surface area contributed by atoms with Crippen molar-refractivity contribution in [1.29, 1.82) is 0 Å². The van der Waals surface area contributed by atoms with Crippen LogP contribution in [-0.2, 0) is 0 Å². The Bertz CT molecular complexity index is 773. The molecular weight excluding hydrogens is 400 g/mol. The number of rotatable bonds is 3. The Balaban J connectivity index is 1.77. The first kappa shape index (κ1) is 14.1. The SMILES string of the molecule is Oc1c(Br)cc(/C=N\Nc2nc3ccccc3[nH]2)cc1Br. The first-order valence-electron chi connectivity index (χ1n) is 6.05. The number of para-hydroxylation sites is 2. The Morgan fingerprint density at radius 1 is 1.19 bits per heavy atom. The van der Waals surface area contributed by atoms with Crippen molar-refractivity contribution in [3.05, 3.63) is 50.9 Å². The van der Waals surface area contributed by atoms with Gasteiger partial charge in [0.1, 0.15) is 5.75 Å². The van der Waals surface area contributed by atoms with E-state index in [9.17, 15) is 5.11 Å². The lowest BCUT2D eigenvalue weighted by atomic mass is 10.2. The average molecular weight is 410 g/mol. The van der Waals surface area contributed by atoms with Gasteiger partial charge in [-0.2, -0.15) is 5.10 Å². The quantitative estimate of drug-likeness (QED) is 0.447. The highest BCUT2D eigenvalue weighted by molar-refractivity contribution is 9.11. The second-order valence-electron chi connectivity index (χ2n) is 4.31. The van der Waals surface area contributed by atoms with Crippen LogP contribution in [0.15, 0.2) is 50.4 Å². The predicted molar refractivity (Wildman–Crippen MR) is 90.8 cm³/mol. The molecule has 0 amide bonds. The predicted octanol–water partition coefficient (Wildman–Crippen LogP) is 4.24. The van der Waals surface area contributed by atoms with E-state index >= 15 is 0 Å². The molecule has 0 radical (unpaired) electrons. The van der Waals surface area contributed by atoms with Crippen molar-refractivity contribution in [3.63, 3.8) is 0 Å². The average Bonchev–Trinajstić information content (AvgIpc) is 2.87. The fraction of sp³-hybridized carbons (Fsp3) is 0. The molecule has 1 heterocycles. The third kappa shape index (κ3) is 3.08. The molecule has 0 unspecified atom stereocenters. The minimum Gasteiger partial charge on any atom is -0.506 e. The van der Waals surface area contributed by atoms with E-state index in [1.54, 1.807) is 18.3 Å². The molecule has 3 aromatic rings. The molecule has 1 aromatic heterocycles. The molecule has 2 aromatic carbocycles. The zero-order valence-corrected chi connectivity index (χ0v) is 13.8. The van der Waals surface area contributed by atoms with E-state index in [1.807, 2.05) is 24.3 Å². The van der Waals surface area contributed by atoms with Crippen LogP contribution in [-0.4, -0.2) is 21.3 Å². The second-order valence-corrected chi connectivity index (χ2v) is 6.01. The van der Waals surface area contributed by atoms with Crippen molar-refractivity contribution in [2.24, 2.45) is 5.10 Å². The van der Waals surface area contributed by atoms with Crippen molar-refractivity contribution in [1.82, 2.24) is 9.97 Å². The van der Waals surface area contributed by atoms with Crippen LogP contribution in [0.4, 0.5) is 5.95 Å². The van der Waals surface area contributed by atoms with Gasteiger partial charge in [0.05, 0.1) is 26.2 Å². The number of H-pyrrole nitrogens is 1. The molecule has 21 heavy (non-hydrogen) atoms. The lowest BCUT2D eigenvalue weighted by Gasteiger charge is -2.01. The maximum atomic E-state index is 9.65. The first-order valence-corrected chi connectivity index (χ1v) is 7.64. The van der Waals surface area contributed by atoms with E-state index < -0.39 is 0 Å². The van der Waals surface area contributed by atoms with Gasteiger partial charge in [0.25, 0.3) is 0 Å². The van der Waals surface area contributed by atoms with Gasteiger partial charge in [-0.1, -0.05) is 12.1 Å². The summed E-state index contributed by atoms with van der Waals surface area (Å²) in [5.74, 6) is 0.738. The van der Waals surface area contributed by atoms with Crippen LogP contribution in [0.25, 0.3) is 11.0 Å². The van der Waals surface area contributed by atoms with Crippen LogP contribution in [0.1, 0.15) is 5.56 Å². The summed E-state index contributed by atoms with van der Waals surface area (Å²) in [6, 6.07) is 11.3. The van der Waals surface area contributed by atoms with Crippen LogP contribution in [0.3, 0.4) is 0 Å². The number of hydrogen-bond donors (Lipinski definition) is 3. The first-order chi connectivity index (χ1) is 10.1. The maximum Gasteiger partial charge on any atom is 0.222 e. The normalized spacial score (nSPS) is 11.3. The highest BCUT2D eigenvalue weighted by Gasteiger charge is 2.04. The molecule has 3 rings (SSSR count). The molecule has 5 nitrogen and oxygen atoms in total. The number of aromatic nitrogens is 2. The van der Waals surface area contributed by atoms with Gasteiger partial charge in [0.15, 0.2) is 0 Å². The summed E-state index contributed by atoms with van der Waals surface area (Å²) < 4.78 is 1.20. The molecule has 0 spiro atoms. The standard InChI is InChI=1S/C14H10Br2N4O/c15-9-5-8(6-10(16)13(9)21)7-17-20-14-18-11-3-1-2-4-12(11)19-14/h1-7,21H,(H2,18,19,20)/b17-7-. The molecule has 106 valence electrons. The van der Waals surface area contributed by atoms with Gasteiger partial charge in [0.2, 0.25) is 5.95 Å². The number of hydrazone groups is 1. The number of aromatic hydroxyl groups is 1. The number of phenols is 1. The van der Waals surface area contributed by atoms with Gasteiger partial charge in [-0.05, 0) is 61.7 Å². The molecule has 0 saturated heterocycles. The number of anilines is 1. The Morgan fingerprint density at radius 2 is 1.90 bits per heavy atom. The van der Waals surface area contributed by atoms with Gasteiger partial charge in [0, 0.05) is 0 Å². The van der Waals surface area contributed by atoms with E-state index in [2.05, 4.69) is 52.4 Å². The number of imidazole rings is 1. The molecule has 7 heteroatoms. The third-order valence-corrected chi connectivity index (χ3v) is 4.02. The summed E-state index contributed by atoms with van der Waals surface area (Å²) >= 11 is 6.55. The Labute approximate surface area is 137 Å². The Kier molecular flexibility index (Phi) is 3.94. The van der Waals surface area contributed by atoms with E-state index in [1.165, 1.54) is 0 Å². The number of nitrogens with zero attached hydrogens (tertiary/aromatic N) is 2. The number of halogens is 2. The smallest absolute Gasteiger partial charge is 0.222 e. The van der Waals surface area contributed by atoms with E-state index in [4.69, 9.17) is 0 Å². The minimum atomic E-state index is 0.164. The van der Waals surface area contributed by atoms with Crippen LogP contribution < -0.4 is 5.43 Å². The highest BCUT2D eigenvalue weighted by atomic mass is 79.9. The molecule has 0 fully saturated rings. The summed E-state index contributed by atoms with van der Waals surface area (Å²) in [6.45, 7) is 0. The maximum absolute atomic E-state index is 9.65. The van der Waals surface area contributed by atoms with Crippen molar-refractivity contribution < 1.29 is 5.11 Å². The zero-order valence-electron chi connectivity index (χ0n) is 10.6. The molecule has 0 aliphatic rings. The number of benzene rings is 2. The van der Waals surface area contributed by atoms with Crippen molar-refractivity contribution in [2.45, 2.75) is 0 Å². The van der Waals surface area contributed by atoms with E-state index in [0.717, 1.165) is 16.6 Å². The highest BCUT2D eigenvalue weighted by Crippen LogP contribution is 2.32. The fourth-order valence-electron chi connectivity index (χ4n) is 1.83. The molecule has 0 saturated carbocycles. The number of aromatic amines is 1. The van der Waals surface area contributed by atoms with Crippen LogP contribution in [0.2, 0.25) is 0 Å². The fourth-order valence-corrected chi connectivity index (χ4v) is 3.06. The van der Waals surface area contributed by atoms with Crippen molar-refractivity contribution in [2.75, 3.05) is 5.43 Å². The van der Waals surface area contributed by atoms with Crippen molar-refractivity contribution in [3.8, 4) is 5.75 Å². The van der Waals surface area contributed by atoms with Gasteiger partial charge >= 0.3 is 0 Å². The minimum absolute atomic E-state index is 0.164. The summed E-state index contributed by atoms with van der Waals surface area (Å²) in [5, 5.41) is 13.8. The lowest BCUT2D eigenvalue weighted by Crippen LogP contribution is -1.92. The zero-order chi connectivity index (χ0) is 14.8. The van der Waals surface area contributed by atoms with Crippen molar-refractivity contribution >= 4 is 55.1 Å². The third-order valence-electron chi connectivity index (χ3n) is 2.81. The number of phenolic OH excluding ortho intramolecular Hbond substituents is 1. The molecule has 0 atom stereocenters. The van der Waals surface area contributed by atoms with Gasteiger partial charge in [-0.25, -0.2) is 10.4 Å². The summed E-state index contributed by atoms with van der Waals surface area (Å²) in [6.07, 6.45) is 1.64. The molecule has 3 N–H and O–H groups in total. The summed E-state index contributed by atoms with van der Waals surface area (Å²) in [7, 11) is 0. The topological polar surface area (TPSA) is 73.3 Å². The Hall–Kier alpha value is -1.86. The molecular formula is C14H10Br2N4O. The largest absolute Gasteiger partial charge is 0.506 e. The molecule has 0 aliphatic carbocycles. The van der Waals surface area contributed by atoms with E-state index in [-0.39, 0.29) is 5.75 Å². The number of hydrogen-bond acceptors (Lipinski definition) is 4. The van der Waals surface area contributed by atoms with Gasteiger partial charge in [-0.15, -0.1) is 0 Å².